The summed E-state index contributed by atoms with van der Waals surface area (Å²) in [6.45, 7) is 8.66. The van der Waals surface area contributed by atoms with Gasteiger partial charge in [0.2, 0.25) is 5.91 Å². The molecule has 114 valence electrons. The molecule has 0 bridgehead atoms. The maximum absolute atomic E-state index is 11.9. The lowest BCUT2D eigenvalue weighted by Crippen LogP contribution is -2.43. The van der Waals surface area contributed by atoms with Crippen LogP contribution in [0.1, 0.15) is 33.6 Å². The summed E-state index contributed by atoms with van der Waals surface area (Å²) in [4.78, 5) is 11.9. The van der Waals surface area contributed by atoms with E-state index in [9.17, 15) is 4.79 Å². The first-order valence-electron chi connectivity index (χ1n) is 7.10. The Morgan fingerprint density at radius 2 is 2.05 bits per heavy atom. The van der Waals surface area contributed by atoms with Crippen molar-refractivity contribution in [2.24, 2.45) is 17.8 Å². The van der Waals surface area contributed by atoms with Gasteiger partial charge in [0.25, 0.3) is 0 Å². The zero-order valence-electron chi connectivity index (χ0n) is 12.6. The molecular weight excluding hydrogens is 264 g/mol. The molecule has 2 N–H and O–H groups in total. The molecule has 1 aliphatic rings. The van der Waals surface area contributed by atoms with E-state index in [1.807, 2.05) is 14.0 Å². The van der Waals surface area contributed by atoms with Crippen LogP contribution in [0.3, 0.4) is 0 Å². The van der Waals surface area contributed by atoms with Crippen LogP contribution >= 0.6 is 12.4 Å². The molecule has 1 fully saturated rings. The monoisotopic (exact) mass is 292 g/mol. The molecule has 0 radical (unpaired) electrons. The minimum Gasteiger partial charge on any atom is -0.378 e. The van der Waals surface area contributed by atoms with Gasteiger partial charge in [-0.05, 0) is 25.8 Å². The molecule has 0 saturated carbocycles. The van der Waals surface area contributed by atoms with E-state index in [4.69, 9.17) is 4.74 Å². The lowest BCUT2D eigenvalue weighted by molar-refractivity contribution is -0.125. The number of nitrogens with one attached hydrogen (secondary N) is 2. The van der Waals surface area contributed by atoms with Crippen LogP contribution in [0.5, 0.6) is 0 Å². The molecule has 3 unspecified atom stereocenters. The van der Waals surface area contributed by atoms with Crippen molar-refractivity contribution in [2.45, 2.75) is 39.7 Å². The van der Waals surface area contributed by atoms with Gasteiger partial charge < -0.3 is 15.4 Å². The van der Waals surface area contributed by atoms with Crippen molar-refractivity contribution >= 4 is 18.3 Å². The summed E-state index contributed by atoms with van der Waals surface area (Å²) in [7, 11) is 1.87. The molecule has 4 nitrogen and oxygen atoms in total. The van der Waals surface area contributed by atoms with Gasteiger partial charge in [-0.3, -0.25) is 4.79 Å². The Morgan fingerprint density at radius 3 is 2.63 bits per heavy atom. The first-order valence-corrected chi connectivity index (χ1v) is 7.10. The molecule has 19 heavy (non-hydrogen) atoms. The fourth-order valence-electron chi connectivity index (χ4n) is 2.63. The Kier molecular flexibility index (Phi) is 9.40. The molecule has 0 aliphatic carbocycles. The van der Waals surface area contributed by atoms with E-state index in [0.717, 1.165) is 32.5 Å². The van der Waals surface area contributed by atoms with Crippen molar-refractivity contribution in [2.75, 3.05) is 26.7 Å². The van der Waals surface area contributed by atoms with E-state index in [1.165, 1.54) is 0 Å². The number of halogens is 1. The standard InChI is InChI=1S/C14H28N2O2.ClH/c1-10(2)13-12(6-5-7-18-13)9-16-14(17)11(3)8-15-4;/h10-13,15H,5-9H2,1-4H3,(H,16,17);1H. The smallest absolute Gasteiger partial charge is 0.224 e. The average molecular weight is 293 g/mol. The summed E-state index contributed by atoms with van der Waals surface area (Å²) in [6, 6.07) is 0. The maximum Gasteiger partial charge on any atom is 0.224 e. The molecule has 0 spiro atoms. The van der Waals surface area contributed by atoms with Gasteiger partial charge in [-0.2, -0.15) is 0 Å². The molecule has 0 aromatic carbocycles. The molecule has 3 atom stereocenters. The number of carbonyl (C=O) groups is 1. The second-order valence-corrected chi connectivity index (χ2v) is 5.69. The molecular formula is C14H29ClN2O2. The number of carbonyl (C=O) groups excluding carboxylic acids is 1. The zero-order valence-corrected chi connectivity index (χ0v) is 13.4. The topological polar surface area (TPSA) is 50.4 Å². The Labute approximate surface area is 123 Å². The van der Waals surface area contributed by atoms with Gasteiger partial charge in [-0.1, -0.05) is 20.8 Å². The fraction of sp³-hybridized carbons (Fsp3) is 0.929. The quantitative estimate of drug-likeness (QED) is 0.785. The number of ether oxygens (including phenoxy) is 1. The summed E-state index contributed by atoms with van der Waals surface area (Å²) in [5, 5.41) is 6.09. The number of amides is 1. The van der Waals surface area contributed by atoms with Gasteiger partial charge in [0.1, 0.15) is 0 Å². The van der Waals surface area contributed by atoms with Crippen LogP contribution in [0.4, 0.5) is 0 Å². The van der Waals surface area contributed by atoms with Crippen molar-refractivity contribution in [3.05, 3.63) is 0 Å². The number of hydrogen-bond acceptors (Lipinski definition) is 3. The average Bonchev–Trinajstić information content (AvgIpc) is 2.36. The first kappa shape index (κ1) is 18.7. The molecule has 1 amide bonds. The molecule has 1 saturated heterocycles. The van der Waals surface area contributed by atoms with Crippen molar-refractivity contribution in [3.8, 4) is 0 Å². The van der Waals surface area contributed by atoms with E-state index >= 15 is 0 Å². The normalized spacial score (nSPS) is 24.7. The van der Waals surface area contributed by atoms with E-state index in [2.05, 4.69) is 24.5 Å². The largest absolute Gasteiger partial charge is 0.378 e. The first-order chi connectivity index (χ1) is 8.56. The van der Waals surface area contributed by atoms with Gasteiger partial charge in [-0.15, -0.1) is 12.4 Å². The lowest BCUT2D eigenvalue weighted by atomic mass is 9.87. The summed E-state index contributed by atoms with van der Waals surface area (Å²) in [6.07, 6.45) is 2.55. The van der Waals surface area contributed by atoms with Gasteiger partial charge in [-0.25, -0.2) is 0 Å². The summed E-state index contributed by atoms with van der Waals surface area (Å²) in [5.74, 6) is 1.14. The van der Waals surface area contributed by atoms with Crippen LogP contribution in [0, 0.1) is 17.8 Å². The van der Waals surface area contributed by atoms with Crippen LogP contribution in [0.15, 0.2) is 0 Å². The molecule has 5 heteroatoms. The van der Waals surface area contributed by atoms with Crippen LogP contribution < -0.4 is 10.6 Å². The van der Waals surface area contributed by atoms with Crippen LogP contribution in [-0.2, 0) is 9.53 Å². The van der Waals surface area contributed by atoms with Gasteiger partial charge in [0, 0.05) is 31.5 Å². The zero-order chi connectivity index (χ0) is 13.5. The molecule has 1 rings (SSSR count). The lowest BCUT2D eigenvalue weighted by Gasteiger charge is -2.34. The third-order valence-electron chi connectivity index (χ3n) is 3.65. The Morgan fingerprint density at radius 1 is 1.37 bits per heavy atom. The van der Waals surface area contributed by atoms with Crippen molar-refractivity contribution in [1.82, 2.24) is 10.6 Å². The van der Waals surface area contributed by atoms with Crippen molar-refractivity contribution in [3.63, 3.8) is 0 Å². The second-order valence-electron chi connectivity index (χ2n) is 5.69. The maximum atomic E-state index is 11.9. The van der Waals surface area contributed by atoms with Gasteiger partial charge in [0.05, 0.1) is 6.10 Å². The highest BCUT2D eigenvalue weighted by Gasteiger charge is 2.28. The molecule has 0 aromatic rings. The van der Waals surface area contributed by atoms with Crippen LogP contribution in [-0.4, -0.2) is 38.8 Å². The highest BCUT2D eigenvalue weighted by Crippen LogP contribution is 2.25. The third kappa shape index (κ3) is 6.11. The molecule has 1 heterocycles. The summed E-state index contributed by atoms with van der Waals surface area (Å²) < 4.78 is 5.83. The Balaban J connectivity index is 0.00000324. The minimum atomic E-state index is 0. The highest BCUT2D eigenvalue weighted by atomic mass is 35.5. The number of rotatable bonds is 6. The Bertz CT molecular complexity index is 262. The van der Waals surface area contributed by atoms with Gasteiger partial charge in [0.15, 0.2) is 0 Å². The van der Waals surface area contributed by atoms with Crippen molar-refractivity contribution < 1.29 is 9.53 Å². The van der Waals surface area contributed by atoms with E-state index < -0.39 is 0 Å². The Hall–Kier alpha value is -0.320. The van der Waals surface area contributed by atoms with E-state index in [1.54, 1.807) is 0 Å². The predicted octanol–water partition coefficient (Wildman–Crippen LogP) is 1.83. The second kappa shape index (κ2) is 9.56. The van der Waals surface area contributed by atoms with E-state index in [-0.39, 0.29) is 24.2 Å². The summed E-state index contributed by atoms with van der Waals surface area (Å²) >= 11 is 0. The third-order valence-corrected chi connectivity index (χ3v) is 3.65. The molecule has 1 aliphatic heterocycles. The fourth-order valence-corrected chi connectivity index (χ4v) is 2.63. The highest BCUT2D eigenvalue weighted by molar-refractivity contribution is 5.85. The molecule has 0 aromatic heterocycles. The van der Waals surface area contributed by atoms with Crippen molar-refractivity contribution in [1.29, 1.82) is 0 Å². The minimum absolute atomic E-state index is 0. The summed E-state index contributed by atoms with van der Waals surface area (Å²) in [5.41, 5.74) is 0. The van der Waals surface area contributed by atoms with Crippen LogP contribution in [0.2, 0.25) is 0 Å². The van der Waals surface area contributed by atoms with E-state index in [0.29, 0.717) is 17.9 Å². The number of hydrogen-bond donors (Lipinski definition) is 2. The SMILES string of the molecule is CNCC(C)C(=O)NCC1CCCOC1C(C)C.Cl. The van der Waals surface area contributed by atoms with Crippen LogP contribution in [0.25, 0.3) is 0 Å². The van der Waals surface area contributed by atoms with Gasteiger partial charge >= 0.3 is 0 Å². The predicted molar refractivity (Wildman–Crippen MR) is 80.7 cm³/mol.